The Labute approximate surface area is 71.8 Å². The molecule has 0 amide bonds. The average molecular weight is 163 g/mol. The maximum Gasteiger partial charge on any atom is 0.335 e. The van der Waals surface area contributed by atoms with Gasteiger partial charge in [0.2, 0.25) is 0 Å². The summed E-state index contributed by atoms with van der Waals surface area (Å²) in [5.74, 6) is -0.877. The first kappa shape index (κ1) is 8.78. The van der Waals surface area contributed by atoms with Gasteiger partial charge < -0.3 is 5.11 Å². The highest BCUT2D eigenvalue weighted by atomic mass is 16.4. The van der Waals surface area contributed by atoms with Crippen molar-refractivity contribution in [1.29, 1.82) is 0 Å². The van der Waals surface area contributed by atoms with E-state index in [1.165, 1.54) is 0 Å². The van der Waals surface area contributed by atoms with Crippen LogP contribution in [-0.2, 0) is 0 Å². The van der Waals surface area contributed by atoms with Gasteiger partial charge in [-0.05, 0) is 30.5 Å². The first-order chi connectivity index (χ1) is 5.74. The van der Waals surface area contributed by atoms with E-state index in [0.717, 1.165) is 12.0 Å². The van der Waals surface area contributed by atoms with Crippen LogP contribution in [0.2, 0.25) is 0 Å². The third kappa shape index (κ3) is 2.09. The van der Waals surface area contributed by atoms with Gasteiger partial charge in [0.15, 0.2) is 0 Å². The number of hydrogen-bond donors (Lipinski definition) is 1. The number of hydrogen-bond acceptors (Lipinski definition) is 1. The summed E-state index contributed by atoms with van der Waals surface area (Å²) >= 11 is 0. The first-order valence-electron chi connectivity index (χ1n) is 3.90. The Kier molecular flexibility index (Phi) is 2.86. The van der Waals surface area contributed by atoms with Crippen molar-refractivity contribution in [2.24, 2.45) is 0 Å². The fraction of sp³-hybridized carbons (Fsp3) is 0.200. The minimum atomic E-state index is -0.877. The Balaban J connectivity index is 2.78. The summed E-state index contributed by atoms with van der Waals surface area (Å²) in [7, 11) is 0. The topological polar surface area (TPSA) is 37.3 Å². The molecule has 2 nitrogen and oxygen atoms in total. The van der Waals surface area contributed by atoms with E-state index in [0.29, 0.717) is 5.56 Å². The van der Waals surface area contributed by atoms with Crippen molar-refractivity contribution in [1.82, 2.24) is 0 Å². The molecular weight excluding hydrogens is 152 g/mol. The molecule has 0 atom stereocenters. The van der Waals surface area contributed by atoms with E-state index < -0.39 is 5.97 Å². The zero-order valence-electron chi connectivity index (χ0n) is 6.95. The van der Waals surface area contributed by atoms with Crippen LogP contribution >= 0.6 is 0 Å². The van der Waals surface area contributed by atoms with Crippen molar-refractivity contribution in [2.75, 3.05) is 0 Å². The van der Waals surface area contributed by atoms with E-state index in [1.807, 2.05) is 25.5 Å². The standard InChI is InChI=1S/C10H11O2/c1-2-3-8-4-6-9(7-5-8)10(11)12/h3-7H,2H2,1H3,(H,11,12). The molecule has 0 aromatic heterocycles. The molecule has 0 heterocycles. The van der Waals surface area contributed by atoms with Gasteiger partial charge in [-0.3, -0.25) is 0 Å². The molecule has 0 aliphatic rings. The molecule has 0 fully saturated rings. The molecule has 0 saturated heterocycles. The van der Waals surface area contributed by atoms with E-state index in [9.17, 15) is 4.79 Å². The summed E-state index contributed by atoms with van der Waals surface area (Å²) in [6.45, 7) is 2.05. The molecule has 63 valence electrons. The van der Waals surface area contributed by atoms with Crippen LogP contribution in [0, 0.1) is 6.42 Å². The van der Waals surface area contributed by atoms with Gasteiger partial charge in [0.1, 0.15) is 0 Å². The Hall–Kier alpha value is -1.31. The van der Waals surface area contributed by atoms with Crippen LogP contribution in [0.3, 0.4) is 0 Å². The third-order valence-electron chi connectivity index (χ3n) is 1.60. The van der Waals surface area contributed by atoms with Crippen molar-refractivity contribution < 1.29 is 9.90 Å². The molecule has 12 heavy (non-hydrogen) atoms. The summed E-state index contributed by atoms with van der Waals surface area (Å²) < 4.78 is 0. The Morgan fingerprint density at radius 3 is 2.42 bits per heavy atom. The van der Waals surface area contributed by atoms with E-state index in [1.54, 1.807) is 12.1 Å². The molecule has 1 N–H and O–H groups in total. The number of aromatic carboxylic acids is 1. The molecule has 0 aliphatic carbocycles. The molecule has 1 aromatic carbocycles. The highest BCUT2D eigenvalue weighted by Crippen LogP contribution is 2.07. The van der Waals surface area contributed by atoms with Gasteiger partial charge in [-0.15, -0.1) is 0 Å². The summed E-state index contributed by atoms with van der Waals surface area (Å²) in [4.78, 5) is 10.5. The molecule has 1 rings (SSSR count). The van der Waals surface area contributed by atoms with Gasteiger partial charge in [0.25, 0.3) is 0 Å². The normalized spacial score (nSPS) is 9.75. The van der Waals surface area contributed by atoms with Gasteiger partial charge in [-0.2, -0.15) is 0 Å². The highest BCUT2D eigenvalue weighted by Gasteiger charge is 2.00. The lowest BCUT2D eigenvalue weighted by molar-refractivity contribution is 0.0697. The lowest BCUT2D eigenvalue weighted by atomic mass is 10.1. The predicted octanol–water partition coefficient (Wildman–Crippen LogP) is 2.35. The predicted molar refractivity (Wildman–Crippen MR) is 47.1 cm³/mol. The van der Waals surface area contributed by atoms with Gasteiger partial charge in [0, 0.05) is 0 Å². The maximum absolute atomic E-state index is 10.5. The molecular formula is C10H11O2. The molecule has 0 aliphatic heterocycles. The number of carboxylic acid groups (broad SMARTS) is 1. The lowest BCUT2D eigenvalue weighted by Gasteiger charge is -1.97. The number of carboxylic acids is 1. The Morgan fingerprint density at radius 2 is 2.00 bits per heavy atom. The van der Waals surface area contributed by atoms with Crippen LogP contribution in [0.25, 0.3) is 0 Å². The van der Waals surface area contributed by atoms with Crippen molar-refractivity contribution >= 4 is 5.97 Å². The van der Waals surface area contributed by atoms with Crippen molar-refractivity contribution in [3.63, 3.8) is 0 Å². The zero-order chi connectivity index (χ0) is 8.97. The first-order valence-corrected chi connectivity index (χ1v) is 3.90. The second-order valence-corrected chi connectivity index (χ2v) is 2.54. The summed E-state index contributed by atoms with van der Waals surface area (Å²) in [5, 5.41) is 8.60. The van der Waals surface area contributed by atoms with Crippen LogP contribution < -0.4 is 0 Å². The Morgan fingerprint density at radius 1 is 1.42 bits per heavy atom. The highest BCUT2D eigenvalue weighted by molar-refractivity contribution is 5.87. The second kappa shape index (κ2) is 3.90. The maximum atomic E-state index is 10.5. The quantitative estimate of drug-likeness (QED) is 0.742. The van der Waals surface area contributed by atoms with Crippen LogP contribution in [0.1, 0.15) is 29.3 Å². The fourth-order valence-electron chi connectivity index (χ4n) is 0.997. The van der Waals surface area contributed by atoms with E-state index in [2.05, 4.69) is 0 Å². The molecule has 0 spiro atoms. The van der Waals surface area contributed by atoms with Crippen LogP contribution in [0.15, 0.2) is 24.3 Å². The number of rotatable bonds is 3. The fourth-order valence-corrected chi connectivity index (χ4v) is 0.997. The molecule has 0 saturated carbocycles. The van der Waals surface area contributed by atoms with Crippen molar-refractivity contribution in [3.8, 4) is 0 Å². The number of carbonyl (C=O) groups is 1. The minimum absolute atomic E-state index is 0.336. The van der Waals surface area contributed by atoms with Gasteiger partial charge in [0.05, 0.1) is 5.56 Å². The summed E-state index contributed by atoms with van der Waals surface area (Å²) in [6.07, 6.45) is 3.01. The van der Waals surface area contributed by atoms with Crippen molar-refractivity contribution in [3.05, 3.63) is 41.8 Å². The van der Waals surface area contributed by atoms with Crippen LogP contribution in [0.5, 0.6) is 0 Å². The van der Waals surface area contributed by atoms with Crippen LogP contribution in [-0.4, -0.2) is 11.1 Å². The largest absolute Gasteiger partial charge is 0.478 e. The van der Waals surface area contributed by atoms with Gasteiger partial charge >= 0.3 is 5.97 Å². The molecule has 1 aromatic rings. The second-order valence-electron chi connectivity index (χ2n) is 2.54. The summed E-state index contributed by atoms with van der Waals surface area (Å²) in [5.41, 5.74) is 1.41. The molecule has 0 unspecified atom stereocenters. The van der Waals surface area contributed by atoms with E-state index >= 15 is 0 Å². The smallest absolute Gasteiger partial charge is 0.335 e. The van der Waals surface area contributed by atoms with Crippen molar-refractivity contribution in [2.45, 2.75) is 13.3 Å². The average Bonchev–Trinajstić information content (AvgIpc) is 2.06. The van der Waals surface area contributed by atoms with Crippen LogP contribution in [0.4, 0.5) is 0 Å². The van der Waals surface area contributed by atoms with Gasteiger partial charge in [-0.1, -0.05) is 19.1 Å². The van der Waals surface area contributed by atoms with E-state index in [4.69, 9.17) is 5.11 Å². The zero-order valence-corrected chi connectivity index (χ0v) is 6.95. The molecule has 1 radical (unpaired) electrons. The third-order valence-corrected chi connectivity index (χ3v) is 1.60. The Bertz CT molecular complexity index is 262. The van der Waals surface area contributed by atoms with E-state index in [-0.39, 0.29) is 0 Å². The van der Waals surface area contributed by atoms with Gasteiger partial charge in [-0.25, -0.2) is 4.79 Å². The summed E-state index contributed by atoms with van der Waals surface area (Å²) in [6, 6.07) is 6.85. The monoisotopic (exact) mass is 163 g/mol. The SMILES string of the molecule is CC[CH]c1ccc(C(=O)O)cc1. The lowest BCUT2D eigenvalue weighted by Crippen LogP contribution is -1.95. The molecule has 2 heteroatoms. The minimum Gasteiger partial charge on any atom is -0.478 e. The number of benzene rings is 1. The molecule has 0 bridgehead atoms.